The van der Waals surface area contributed by atoms with Gasteiger partial charge in [-0.05, 0) is 42.2 Å². The van der Waals surface area contributed by atoms with E-state index in [2.05, 4.69) is 5.32 Å². The zero-order valence-electron chi connectivity index (χ0n) is 18.1. The molecule has 0 aliphatic carbocycles. The van der Waals surface area contributed by atoms with Crippen LogP contribution in [-0.4, -0.2) is 41.9 Å². The fourth-order valence-corrected chi connectivity index (χ4v) is 4.53. The summed E-state index contributed by atoms with van der Waals surface area (Å²) in [4.78, 5) is 40.3. The van der Waals surface area contributed by atoms with Gasteiger partial charge in [0.05, 0.1) is 29.7 Å². The summed E-state index contributed by atoms with van der Waals surface area (Å²) in [6, 6.07) is 24.0. The fraction of sp³-hybridized carbons (Fsp3) is 0.222. The topological polar surface area (TPSA) is 75.7 Å². The number of imide groups is 1. The van der Waals surface area contributed by atoms with Crippen molar-refractivity contribution in [2.75, 3.05) is 18.5 Å². The number of carbonyl (C=O) groups excluding carboxylic acids is 3. The summed E-state index contributed by atoms with van der Waals surface area (Å²) in [5, 5.41) is 2.95. The van der Waals surface area contributed by atoms with Gasteiger partial charge in [0.2, 0.25) is 5.91 Å². The van der Waals surface area contributed by atoms with Crippen LogP contribution in [0.4, 0.5) is 5.69 Å². The highest BCUT2D eigenvalue weighted by Crippen LogP contribution is 2.30. The van der Waals surface area contributed by atoms with E-state index in [1.54, 1.807) is 18.2 Å². The highest BCUT2D eigenvalue weighted by atomic mass is 16.5. The van der Waals surface area contributed by atoms with E-state index in [0.29, 0.717) is 23.4 Å². The predicted molar refractivity (Wildman–Crippen MR) is 124 cm³/mol. The van der Waals surface area contributed by atoms with Crippen molar-refractivity contribution in [3.63, 3.8) is 0 Å². The van der Waals surface area contributed by atoms with E-state index in [1.165, 1.54) is 4.90 Å². The van der Waals surface area contributed by atoms with Gasteiger partial charge in [0.25, 0.3) is 11.8 Å². The van der Waals surface area contributed by atoms with Crippen LogP contribution in [0.2, 0.25) is 0 Å². The van der Waals surface area contributed by atoms with Crippen LogP contribution >= 0.6 is 0 Å². The van der Waals surface area contributed by atoms with Crippen molar-refractivity contribution in [3.8, 4) is 0 Å². The average Bonchev–Trinajstić information content (AvgIpc) is 3.44. The summed E-state index contributed by atoms with van der Waals surface area (Å²) in [5.41, 5.74) is 2.90. The van der Waals surface area contributed by atoms with E-state index in [9.17, 15) is 14.4 Å². The third-order valence-electron chi connectivity index (χ3n) is 6.18. The number of fused-ring (bicyclic) bond motifs is 1. The monoisotopic (exact) mass is 440 g/mol. The number of anilines is 1. The minimum Gasteiger partial charge on any atom is -0.376 e. The second-order valence-corrected chi connectivity index (χ2v) is 8.36. The third kappa shape index (κ3) is 4.17. The summed E-state index contributed by atoms with van der Waals surface area (Å²) >= 11 is 0. The largest absolute Gasteiger partial charge is 0.376 e. The molecule has 1 fully saturated rings. The summed E-state index contributed by atoms with van der Waals surface area (Å²) in [5.74, 6) is -1.37. The maximum atomic E-state index is 13.4. The van der Waals surface area contributed by atoms with E-state index in [-0.39, 0.29) is 30.4 Å². The summed E-state index contributed by atoms with van der Waals surface area (Å²) < 4.78 is 5.59. The van der Waals surface area contributed by atoms with E-state index in [1.807, 2.05) is 60.7 Å². The first-order valence-corrected chi connectivity index (χ1v) is 11.1. The number of amides is 3. The smallest absolute Gasteiger partial charge is 0.261 e. The molecule has 1 N–H and O–H groups in total. The highest BCUT2D eigenvalue weighted by Gasteiger charge is 2.37. The molecule has 3 aromatic rings. The van der Waals surface area contributed by atoms with Crippen molar-refractivity contribution in [2.24, 2.45) is 0 Å². The van der Waals surface area contributed by atoms with Crippen molar-refractivity contribution in [1.82, 2.24) is 4.90 Å². The maximum Gasteiger partial charge on any atom is 0.261 e. The quantitative estimate of drug-likeness (QED) is 0.582. The highest BCUT2D eigenvalue weighted by molar-refractivity contribution is 6.22. The van der Waals surface area contributed by atoms with Gasteiger partial charge in [-0.1, -0.05) is 60.7 Å². The number of hydrogen-bond acceptors (Lipinski definition) is 4. The Balaban J connectivity index is 1.39. The molecular formula is C27H24N2O4. The Kier molecular flexibility index (Phi) is 5.75. The summed E-state index contributed by atoms with van der Waals surface area (Å²) in [6.07, 6.45) is 1.67. The van der Waals surface area contributed by atoms with E-state index in [4.69, 9.17) is 4.74 Å². The maximum absolute atomic E-state index is 13.4. The second-order valence-electron chi connectivity index (χ2n) is 8.36. The first-order valence-electron chi connectivity index (χ1n) is 11.1. The number of rotatable bonds is 6. The lowest BCUT2D eigenvalue weighted by atomic mass is 9.90. The molecule has 1 atom stereocenters. The van der Waals surface area contributed by atoms with Gasteiger partial charge in [-0.3, -0.25) is 19.3 Å². The number of nitrogens with zero attached hydrogens (tertiary/aromatic N) is 1. The molecule has 2 heterocycles. The standard InChI is InChI=1S/C27H24N2O4/c30-25(24(18-8-3-1-4-9-18)19-10-5-2-6-11-19)28-20-13-14-22-23(16-20)27(32)29(26(22)31)17-21-12-7-15-33-21/h1-6,8-11,13-14,16,21,24H,7,12,15,17H2,(H,28,30). The summed E-state index contributed by atoms with van der Waals surface area (Å²) in [7, 11) is 0. The van der Waals surface area contributed by atoms with E-state index in [0.717, 1.165) is 24.0 Å². The van der Waals surface area contributed by atoms with Gasteiger partial charge in [-0.15, -0.1) is 0 Å². The molecule has 2 aliphatic rings. The molecule has 0 saturated carbocycles. The van der Waals surface area contributed by atoms with Gasteiger partial charge in [0.1, 0.15) is 0 Å². The lowest BCUT2D eigenvalue weighted by Gasteiger charge is -2.18. The lowest BCUT2D eigenvalue weighted by molar-refractivity contribution is -0.116. The molecule has 1 saturated heterocycles. The van der Waals surface area contributed by atoms with Crippen LogP contribution in [0.15, 0.2) is 78.9 Å². The Morgan fingerprint density at radius 3 is 2.15 bits per heavy atom. The molecule has 2 aliphatic heterocycles. The van der Waals surface area contributed by atoms with Crippen LogP contribution < -0.4 is 5.32 Å². The Bertz CT molecular complexity index is 1150. The molecule has 0 spiro atoms. The molecular weight excluding hydrogens is 416 g/mol. The molecule has 1 unspecified atom stereocenters. The van der Waals surface area contributed by atoms with Crippen molar-refractivity contribution in [2.45, 2.75) is 24.9 Å². The lowest BCUT2D eigenvalue weighted by Crippen LogP contribution is -2.36. The molecule has 33 heavy (non-hydrogen) atoms. The Hall–Kier alpha value is -3.77. The zero-order chi connectivity index (χ0) is 22.8. The molecule has 3 amide bonds. The molecule has 5 rings (SSSR count). The van der Waals surface area contributed by atoms with Crippen LogP contribution in [-0.2, 0) is 9.53 Å². The van der Waals surface area contributed by atoms with Gasteiger partial charge in [-0.2, -0.15) is 0 Å². The van der Waals surface area contributed by atoms with Crippen LogP contribution in [0, 0.1) is 0 Å². The van der Waals surface area contributed by atoms with Gasteiger partial charge >= 0.3 is 0 Å². The van der Waals surface area contributed by atoms with Crippen LogP contribution in [0.3, 0.4) is 0 Å². The number of ether oxygens (including phenoxy) is 1. The van der Waals surface area contributed by atoms with Crippen molar-refractivity contribution >= 4 is 23.4 Å². The van der Waals surface area contributed by atoms with Crippen molar-refractivity contribution in [1.29, 1.82) is 0 Å². The fourth-order valence-electron chi connectivity index (χ4n) is 4.53. The summed E-state index contributed by atoms with van der Waals surface area (Å²) in [6.45, 7) is 0.923. The Morgan fingerprint density at radius 1 is 0.909 bits per heavy atom. The van der Waals surface area contributed by atoms with Gasteiger partial charge in [0.15, 0.2) is 0 Å². The third-order valence-corrected chi connectivity index (χ3v) is 6.18. The van der Waals surface area contributed by atoms with Crippen molar-refractivity contribution in [3.05, 3.63) is 101 Å². The SMILES string of the molecule is O=C(Nc1ccc2c(c1)C(=O)N(CC1CCCO1)C2=O)C(c1ccccc1)c1ccccc1. The molecule has 166 valence electrons. The van der Waals surface area contributed by atoms with Gasteiger partial charge in [-0.25, -0.2) is 0 Å². The Morgan fingerprint density at radius 2 is 1.55 bits per heavy atom. The Labute approximate surface area is 192 Å². The van der Waals surface area contributed by atoms with Gasteiger partial charge < -0.3 is 10.1 Å². The first-order chi connectivity index (χ1) is 16.1. The van der Waals surface area contributed by atoms with E-state index < -0.39 is 5.92 Å². The number of nitrogens with one attached hydrogen (secondary N) is 1. The second kappa shape index (κ2) is 9.00. The number of carbonyl (C=O) groups is 3. The normalized spacial score (nSPS) is 17.5. The number of hydrogen-bond donors (Lipinski definition) is 1. The van der Waals surface area contributed by atoms with Crippen LogP contribution in [0.25, 0.3) is 0 Å². The molecule has 6 heteroatoms. The average molecular weight is 440 g/mol. The molecule has 0 bridgehead atoms. The first kappa shape index (κ1) is 21.1. The molecule has 0 aromatic heterocycles. The predicted octanol–water partition coefficient (Wildman–Crippen LogP) is 4.23. The van der Waals surface area contributed by atoms with Crippen molar-refractivity contribution < 1.29 is 19.1 Å². The molecule has 0 radical (unpaired) electrons. The van der Waals surface area contributed by atoms with Crippen LogP contribution in [0.1, 0.15) is 50.6 Å². The minimum atomic E-state index is -0.506. The molecule has 3 aromatic carbocycles. The molecule has 6 nitrogen and oxygen atoms in total. The van der Waals surface area contributed by atoms with E-state index >= 15 is 0 Å². The zero-order valence-corrected chi connectivity index (χ0v) is 18.1. The van der Waals surface area contributed by atoms with Crippen LogP contribution in [0.5, 0.6) is 0 Å². The van der Waals surface area contributed by atoms with Gasteiger partial charge in [0, 0.05) is 12.3 Å². The number of benzene rings is 3. The minimum absolute atomic E-state index is 0.108.